The molecule has 0 amide bonds. The first-order chi connectivity index (χ1) is 7.09. The molecular formula is C10H19NO4. The van der Waals surface area contributed by atoms with Crippen molar-refractivity contribution in [3.63, 3.8) is 0 Å². The Morgan fingerprint density at radius 3 is 2.67 bits per heavy atom. The summed E-state index contributed by atoms with van der Waals surface area (Å²) in [5.74, 6) is -0.822. The Hall–Kier alpha value is -0.650. The maximum absolute atomic E-state index is 10.9. The van der Waals surface area contributed by atoms with Gasteiger partial charge in [-0.1, -0.05) is 13.8 Å². The monoisotopic (exact) mass is 217 g/mol. The van der Waals surface area contributed by atoms with E-state index in [2.05, 4.69) is 5.32 Å². The first kappa shape index (κ1) is 12.4. The normalized spacial score (nSPS) is 18.9. The van der Waals surface area contributed by atoms with Gasteiger partial charge in [-0.2, -0.15) is 0 Å². The Morgan fingerprint density at radius 2 is 2.27 bits per heavy atom. The topological polar surface area (TPSA) is 67.8 Å². The van der Waals surface area contributed by atoms with E-state index in [9.17, 15) is 4.79 Å². The number of nitrogens with one attached hydrogen (secondary N) is 1. The van der Waals surface area contributed by atoms with Crippen molar-refractivity contribution in [1.29, 1.82) is 0 Å². The molecule has 0 aromatic heterocycles. The lowest BCUT2D eigenvalue weighted by Gasteiger charge is -2.26. The highest BCUT2D eigenvalue weighted by Gasteiger charge is 2.21. The van der Waals surface area contributed by atoms with Crippen LogP contribution in [-0.4, -0.2) is 49.1 Å². The van der Waals surface area contributed by atoms with Crippen LogP contribution in [0.15, 0.2) is 0 Å². The van der Waals surface area contributed by atoms with Crippen LogP contribution in [0, 0.1) is 0 Å². The second-order valence-electron chi connectivity index (χ2n) is 4.03. The second kappa shape index (κ2) is 6.05. The molecule has 0 bridgehead atoms. The van der Waals surface area contributed by atoms with Crippen LogP contribution in [0.5, 0.6) is 0 Å². The Bertz CT molecular complexity index is 204. The molecule has 0 saturated carbocycles. The maximum atomic E-state index is 10.9. The molecule has 0 radical (unpaired) electrons. The molecule has 5 heteroatoms. The number of aliphatic carboxylic acids is 1. The van der Waals surface area contributed by atoms with E-state index in [4.69, 9.17) is 14.6 Å². The summed E-state index contributed by atoms with van der Waals surface area (Å²) in [5, 5.41) is 11.9. The SMILES string of the molecule is CC(C)NC(CCOC1COC1)C(=O)O. The summed E-state index contributed by atoms with van der Waals surface area (Å²) >= 11 is 0. The van der Waals surface area contributed by atoms with Crippen LogP contribution >= 0.6 is 0 Å². The van der Waals surface area contributed by atoms with Crippen LogP contribution in [0.2, 0.25) is 0 Å². The number of ether oxygens (including phenoxy) is 2. The van der Waals surface area contributed by atoms with Crippen molar-refractivity contribution >= 4 is 5.97 Å². The van der Waals surface area contributed by atoms with Gasteiger partial charge in [0.05, 0.1) is 13.2 Å². The standard InChI is InChI=1S/C10H19NO4/c1-7(2)11-9(10(12)13)3-4-15-8-5-14-6-8/h7-9,11H,3-6H2,1-2H3,(H,12,13). The van der Waals surface area contributed by atoms with Crippen molar-refractivity contribution in [1.82, 2.24) is 5.32 Å². The van der Waals surface area contributed by atoms with Crippen LogP contribution in [0.25, 0.3) is 0 Å². The van der Waals surface area contributed by atoms with Gasteiger partial charge in [0.2, 0.25) is 0 Å². The van der Waals surface area contributed by atoms with E-state index >= 15 is 0 Å². The van der Waals surface area contributed by atoms with Gasteiger partial charge in [-0.05, 0) is 6.42 Å². The molecule has 1 saturated heterocycles. The molecule has 0 aromatic carbocycles. The third kappa shape index (κ3) is 4.59. The molecule has 2 N–H and O–H groups in total. The molecule has 1 unspecified atom stereocenters. The van der Waals surface area contributed by atoms with E-state index in [1.165, 1.54) is 0 Å². The number of carboxylic acids is 1. The van der Waals surface area contributed by atoms with Crippen molar-refractivity contribution < 1.29 is 19.4 Å². The zero-order chi connectivity index (χ0) is 11.3. The first-order valence-corrected chi connectivity index (χ1v) is 5.27. The third-order valence-corrected chi connectivity index (χ3v) is 2.20. The van der Waals surface area contributed by atoms with Crippen molar-refractivity contribution in [2.24, 2.45) is 0 Å². The fraction of sp³-hybridized carbons (Fsp3) is 0.900. The summed E-state index contributed by atoms with van der Waals surface area (Å²) in [6.07, 6.45) is 0.655. The second-order valence-corrected chi connectivity index (χ2v) is 4.03. The molecule has 1 heterocycles. The van der Waals surface area contributed by atoms with Crippen molar-refractivity contribution in [3.8, 4) is 0 Å². The lowest BCUT2D eigenvalue weighted by Crippen LogP contribution is -2.43. The summed E-state index contributed by atoms with van der Waals surface area (Å²) in [5.41, 5.74) is 0. The van der Waals surface area contributed by atoms with Crippen molar-refractivity contribution in [3.05, 3.63) is 0 Å². The van der Waals surface area contributed by atoms with Crippen LogP contribution in [0.1, 0.15) is 20.3 Å². The van der Waals surface area contributed by atoms with Gasteiger partial charge < -0.3 is 19.9 Å². The maximum Gasteiger partial charge on any atom is 0.320 e. The highest BCUT2D eigenvalue weighted by molar-refractivity contribution is 5.73. The zero-order valence-electron chi connectivity index (χ0n) is 9.23. The zero-order valence-corrected chi connectivity index (χ0v) is 9.23. The van der Waals surface area contributed by atoms with E-state index in [0.29, 0.717) is 26.2 Å². The Labute approximate surface area is 89.8 Å². The van der Waals surface area contributed by atoms with Gasteiger partial charge in [0.1, 0.15) is 12.1 Å². The number of rotatable bonds is 7. The molecule has 0 aliphatic carbocycles. The van der Waals surface area contributed by atoms with Gasteiger partial charge >= 0.3 is 5.97 Å². The molecule has 1 aliphatic heterocycles. The summed E-state index contributed by atoms with van der Waals surface area (Å²) in [7, 11) is 0. The fourth-order valence-corrected chi connectivity index (χ4v) is 1.34. The molecule has 88 valence electrons. The number of hydrogen-bond donors (Lipinski definition) is 2. The summed E-state index contributed by atoms with van der Waals surface area (Å²) in [4.78, 5) is 10.9. The molecule has 15 heavy (non-hydrogen) atoms. The average molecular weight is 217 g/mol. The van der Waals surface area contributed by atoms with E-state index < -0.39 is 12.0 Å². The highest BCUT2D eigenvalue weighted by atomic mass is 16.6. The first-order valence-electron chi connectivity index (χ1n) is 5.27. The Kier molecular flexibility index (Phi) is 5.01. The van der Waals surface area contributed by atoms with Crippen LogP contribution in [0.3, 0.4) is 0 Å². The molecule has 1 rings (SSSR count). The van der Waals surface area contributed by atoms with E-state index in [-0.39, 0.29) is 12.1 Å². The van der Waals surface area contributed by atoms with Gasteiger partial charge in [-0.25, -0.2) is 0 Å². The molecule has 5 nitrogen and oxygen atoms in total. The quantitative estimate of drug-likeness (QED) is 0.639. The van der Waals surface area contributed by atoms with Crippen LogP contribution in [-0.2, 0) is 14.3 Å². The average Bonchev–Trinajstić information content (AvgIpc) is 2.06. The Morgan fingerprint density at radius 1 is 1.60 bits per heavy atom. The van der Waals surface area contributed by atoms with Crippen molar-refractivity contribution in [2.45, 2.75) is 38.5 Å². The minimum atomic E-state index is -0.822. The third-order valence-electron chi connectivity index (χ3n) is 2.20. The summed E-state index contributed by atoms with van der Waals surface area (Å²) < 4.78 is 10.4. The van der Waals surface area contributed by atoms with E-state index in [1.54, 1.807) is 0 Å². The smallest absolute Gasteiger partial charge is 0.320 e. The number of carboxylic acid groups (broad SMARTS) is 1. The van der Waals surface area contributed by atoms with Crippen molar-refractivity contribution in [2.75, 3.05) is 19.8 Å². The molecule has 0 spiro atoms. The van der Waals surface area contributed by atoms with E-state index in [0.717, 1.165) is 0 Å². The number of carbonyl (C=O) groups is 1. The highest BCUT2D eigenvalue weighted by Crippen LogP contribution is 2.06. The summed E-state index contributed by atoms with van der Waals surface area (Å²) in [6, 6.07) is -0.357. The summed E-state index contributed by atoms with van der Waals surface area (Å²) in [6.45, 7) is 5.59. The lowest BCUT2D eigenvalue weighted by atomic mass is 10.2. The van der Waals surface area contributed by atoms with Gasteiger partial charge in [0.15, 0.2) is 0 Å². The van der Waals surface area contributed by atoms with E-state index in [1.807, 2.05) is 13.8 Å². The predicted octanol–water partition coefficient (Wildman–Crippen LogP) is 0.243. The predicted molar refractivity (Wildman–Crippen MR) is 54.9 cm³/mol. The van der Waals surface area contributed by atoms with Crippen LogP contribution < -0.4 is 5.32 Å². The lowest BCUT2D eigenvalue weighted by molar-refractivity contribution is -0.144. The fourth-order valence-electron chi connectivity index (χ4n) is 1.34. The minimum Gasteiger partial charge on any atom is -0.480 e. The largest absolute Gasteiger partial charge is 0.480 e. The molecule has 1 fully saturated rings. The minimum absolute atomic E-state index is 0.165. The Balaban J connectivity index is 2.15. The van der Waals surface area contributed by atoms with Gasteiger partial charge in [-0.15, -0.1) is 0 Å². The number of hydrogen-bond acceptors (Lipinski definition) is 4. The molecule has 1 aliphatic rings. The van der Waals surface area contributed by atoms with Crippen LogP contribution in [0.4, 0.5) is 0 Å². The van der Waals surface area contributed by atoms with Gasteiger partial charge in [-0.3, -0.25) is 4.79 Å². The molecular weight excluding hydrogens is 198 g/mol. The molecule has 0 aromatic rings. The van der Waals surface area contributed by atoms with Gasteiger partial charge in [0.25, 0.3) is 0 Å². The molecule has 1 atom stereocenters. The van der Waals surface area contributed by atoms with Gasteiger partial charge in [0, 0.05) is 12.6 Å².